The molecule has 106 valence electrons. The molecule has 0 aromatic heterocycles. The molecule has 0 aliphatic carbocycles. The Hall–Kier alpha value is -1.05. The van der Waals surface area contributed by atoms with Crippen molar-refractivity contribution in [1.29, 1.82) is 0 Å². The number of halogens is 2. The van der Waals surface area contributed by atoms with E-state index in [0.29, 0.717) is 12.8 Å². The molecule has 1 aromatic rings. The standard InChI is InChI=1S/C12H16F2N2O2S/c13-8-4-5-10(14)9(7-8)12(16-15)11-3-1-2-6-19(11,17)18/h4-5,7,11-12,16H,1-3,6,15H2. The minimum absolute atomic E-state index is 0.0435. The molecule has 2 atom stereocenters. The highest BCUT2D eigenvalue weighted by molar-refractivity contribution is 7.92. The van der Waals surface area contributed by atoms with Gasteiger partial charge in [0.25, 0.3) is 0 Å². The lowest BCUT2D eigenvalue weighted by molar-refractivity contribution is 0.437. The van der Waals surface area contributed by atoms with Crippen LogP contribution in [0, 0.1) is 11.6 Å². The van der Waals surface area contributed by atoms with Crippen LogP contribution in [-0.4, -0.2) is 19.4 Å². The largest absolute Gasteiger partial charge is 0.271 e. The Bertz CT molecular complexity index is 563. The molecule has 0 bridgehead atoms. The Morgan fingerprint density at radius 1 is 1.32 bits per heavy atom. The Kier molecular flexibility index (Phi) is 4.17. The second-order valence-electron chi connectivity index (χ2n) is 4.71. The third-order valence-electron chi connectivity index (χ3n) is 3.47. The van der Waals surface area contributed by atoms with E-state index in [4.69, 9.17) is 5.84 Å². The van der Waals surface area contributed by atoms with Crippen LogP contribution in [0.3, 0.4) is 0 Å². The molecule has 0 spiro atoms. The van der Waals surface area contributed by atoms with Gasteiger partial charge in [-0.25, -0.2) is 17.2 Å². The SMILES string of the molecule is NNC(c1cc(F)ccc1F)C1CCCCS1(=O)=O. The second kappa shape index (κ2) is 5.52. The number of hydrogen-bond donors (Lipinski definition) is 2. The van der Waals surface area contributed by atoms with Crippen LogP contribution in [0.5, 0.6) is 0 Å². The third kappa shape index (κ3) is 2.93. The van der Waals surface area contributed by atoms with E-state index in [1.165, 1.54) is 0 Å². The van der Waals surface area contributed by atoms with Crippen LogP contribution in [0.1, 0.15) is 30.9 Å². The zero-order valence-corrected chi connectivity index (χ0v) is 11.1. The molecule has 1 fully saturated rings. The van der Waals surface area contributed by atoms with Crippen molar-refractivity contribution >= 4 is 9.84 Å². The van der Waals surface area contributed by atoms with Crippen molar-refractivity contribution in [2.75, 3.05) is 5.75 Å². The van der Waals surface area contributed by atoms with Gasteiger partial charge in [0.05, 0.1) is 17.0 Å². The summed E-state index contributed by atoms with van der Waals surface area (Å²) in [5.74, 6) is 4.15. The van der Waals surface area contributed by atoms with Gasteiger partial charge in [-0.2, -0.15) is 0 Å². The van der Waals surface area contributed by atoms with Gasteiger partial charge in [0.15, 0.2) is 9.84 Å². The first kappa shape index (κ1) is 14.4. The Morgan fingerprint density at radius 3 is 2.68 bits per heavy atom. The van der Waals surface area contributed by atoms with Crippen LogP contribution in [0.2, 0.25) is 0 Å². The summed E-state index contributed by atoms with van der Waals surface area (Å²) in [7, 11) is -3.34. The summed E-state index contributed by atoms with van der Waals surface area (Å²) in [6.45, 7) is 0. The number of hydrogen-bond acceptors (Lipinski definition) is 4. The maximum absolute atomic E-state index is 13.8. The second-order valence-corrected chi connectivity index (χ2v) is 7.05. The fourth-order valence-electron chi connectivity index (χ4n) is 2.50. The van der Waals surface area contributed by atoms with Gasteiger partial charge >= 0.3 is 0 Å². The van der Waals surface area contributed by atoms with Crippen molar-refractivity contribution in [2.24, 2.45) is 5.84 Å². The van der Waals surface area contributed by atoms with E-state index in [-0.39, 0.29) is 11.3 Å². The number of nitrogens with one attached hydrogen (secondary N) is 1. The first-order valence-corrected chi connectivity index (χ1v) is 7.80. The first-order chi connectivity index (χ1) is 8.95. The van der Waals surface area contributed by atoms with Crippen molar-refractivity contribution in [3.63, 3.8) is 0 Å². The number of nitrogens with two attached hydrogens (primary N) is 1. The summed E-state index contributed by atoms with van der Waals surface area (Å²) in [4.78, 5) is 0. The van der Waals surface area contributed by atoms with Gasteiger partial charge in [0.1, 0.15) is 11.6 Å². The minimum atomic E-state index is -3.34. The lowest BCUT2D eigenvalue weighted by Crippen LogP contribution is -2.43. The summed E-state index contributed by atoms with van der Waals surface area (Å²) in [5, 5.41) is -0.817. The van der Waals surface area contributed by atoms with Crippen LogP contribution in [0.25, 0.3) is 0 Å². The summed E-state index contributed by atoms with van der Waals surface area (Å²) in [6, 6.07) is 2.02. The molecule has 0 radical (unpaired) electrons. The van der Waals surface area contributed by atoms with E-state index >= 15 is 0 Å². The van der Waals surface area contributed by atoms with Crippen molar-refractivity contribution in [3.8, 4) is 0 Å². The van der Waals surface area contributed by atoms with E-state index in [0.717, 1.165) is 24.6 Å². The number of benzene rings is 1. The quantitative estimate of drug-likeness (QED) is 0.652. The van der Waals surface area contributed by atoms with E-state index in [1.807, 2.05) is 0 Å². The highest BCUT2D eigenvalue weighted by Crippen LogP contribution is 2.31. The summed E-state index contributed by atoms with van der Waals surface area (Å²) >= 11 is 0. The Morgan fingerprint density at radius 2 is 2.05 bits per heavy atom. The molecule has 3 N–H and O–H groups in total. The van der Waals surface area contributed by atoms with Crippen LogP contribution in [0.4, 0.5) is 8.78 Å². The predicted molar refractivity (Wildman–Crippen MR) is 67.8 cm³/mol. The van der Waals surface area contributed by atoms with Gasteiger partial charge in [0, 0.05) is 5.56 Å². The minimum Gasteiger partial charge on any atom is -0.271 e. The van der Waals surface area contributed by atoms with E-state index in [9.17, 15) is 17.2 Å². The molecule has 0 amide bonds. The van der Waals surface area contributed by atoms with Gasteiger partial charge in [-0.1, -0.05) is 6.42 Å². The maximum Gasteiger partial charge on any atom is 0.155 e. The average molecular weight is 290 g/mol. The van der Waals surface area contributed by atoms with Crippen molar-refractivity contribution in [1.82, 2.24) is 5.43 Å². The molecule has 1 aliphatic rings. The van der Waals surface area contributed by atoms with Crippen molar-refractivity contribution in [2.45, 2.75) is 30.6 Å². The Labute approximate surface area is 110 Å². The Balaban J connectivity index is 2.41. The highest BCUT2D eigenvalue weighted by Gasteiger charge is 2.37. The molecule has 0 saturated carbocycles. The predicted octanol–water partition coefficient (Wildman–Crippen LogP) is 1.44. The van der Waals surface area contributed by atoms with Gasteiger partial charge in [-0.05, 0) is 31.0 Å². The molecule has 1 aromatic carbocycles. The smallest absolute Gasteiger partial charge is 0.155 e. The molecule has 19 heavy (non-hydrogen) atoms. The molecule has 2 unspecified atom stereocenters. The van der Waals surface area contributed by atoms with Crippen LogP contribution >= 0.6 is 0 Å². The van der Waals surface area contributed by atoms with Gasteiger partial charge in [-0.3, -0.25) is 11.3 Å². The zero-order chi connectivity index (χ0) is 14.0. The lowest BCUT2D eigenvalue weighted by atomic mass is 9.99. The van der Waals surface area contributed by atoms with Crippen LogP contribution in [0.15, 0.2) is 18.2 Å². The molecule has 1 saturated heterocycles. The maximum atomic E-state index is 13.8. The van der Waals surface area contributed by atoms with E-state index in [1.54, 1.807) is 0 Å². The highest BCUT2D eigenvalue weighted by atomic mass is 32.2. The van der Waals surface area contributed by atoms with Crippen molar-refractivity contribution < 1.29 is 17.2 Å². The number of sulfone groups is 1. The monoisotopic (exact) mass is 290 g/mol. The fraction of sp³-hybridized carbons (Fsp3) is 0.500. The molecule has 1 heterocycles. The third-order valence-corrected chi connectivity index (χ3v) is 5.76. The van der Waals surface area contributed by atoms with E-state index in [2.05, 4.69) is 5.43 Å². The van der Waals surface area contributed by atoms with Gasteiger partial charge in [-0.15, -0.1) is 0 Å². The summed E-state index contributed by atoms with van der Waals surface area (Å²) in [5.41, 5.74) is 2.28. The normalized spacial score (nSPS) is 24.1. The summed E-state index contributed by atoms with van der Waals surface area (Å²) in [6.07, 6.45) is 1.73. The lowest BCUT2D eigenvalue weighted by Gasteiger charge is -2.30. The van der Waals surface area contributed by atoms with E-state index < -0.39 is 32.8 Å². The average Bonchev–Trinajstić information content (AvgIpc) is 2.36. The van der Waals surface area contributed by atoms with Gasteiger partial charge < -0.3 is 0 Å². The van der Waals surface area contributed by atoms with Crippen LogP contribution < -0.4 is 11.3 Å². The van der Waals surface area contributed by atoms with Crippen molar-refractivity contribution in [3.05, 3.63) is 35.4 Å². The topological polar surface area (TPSA) is 72.2 Å². The fourth-order valence-corrected chi connectivity index (χ4v) is 4.58. The zero-order valence-electron chi connectivity index (χ0n) is 10.3. The van der Waals surface area contributed by atoms with Gasteiger partial charge in [0.2, 0.25) is 0 Å². The summed E-state index contributed by atoms with van der Waals surface area (Å²) < 4.78 is 51.1. The molecule has 7 heteroatoms. The molecule has 4 nitrogen and oxygen atoms in total. The molecule has 2 rings (SSSR count). The first-order valence-electron chi connectivity index (χ1n) is 6.08. The molecule has 1 aliphatic heterocycles. The molecular weight excluding hydrogens is 274 g/mol. The molecular formula is C12H16F2N2O2S. The van der Waals surface area contributed by atoms with Crippen LogP contribution in [-0.2, 0) is 9.84 Å². The number of rotatable bonds is 3. The number of hydrazine groups is 1.